The van der Waals surface area contributed by atoms with Gasteiger partial charge in [-0.15, -0.1) is 0 Å². The van der Waals surface area contributed by atoms with Gasteiger partial charge in [0.05, 0.1) is 5.02 Å². The summed E-state index contributed by atoms with van der Waals surface area (Å²) in [5.74, 6) is -1.13. The van der Waals surface area contributed by atoms with E-state index in [4.69, 9.17) is 11.6 Å². The molecule has 0 fully saturated rings. The van der Waals surface area contributed by atoms with E-state index in [2.05, 4.69) is 4.98 Å². The second-order valence-corrected chi connectivity index (χ2v) is 7.29. The van der Waals surface area contributed by atoms with Crippen LogP contribution in [0.1, 0.15) is 29.8 Å². The van der Waals surface area contributed by atoms with Gasteiger partial charge in [-0.2, -0.15) is 0 Å². The molecule has 1 aromatic carbocycles. The summed E-state index contributed by atoms with van der Waals surface area (Å²) in [6.45, 7) is 2.98. The zero-order chi connectivity index (χ0) is 18.6. The number of carbonyl (C=O) groups excluding carboxylic acids is 2. The van der Waals surface area contributed by atoms with Gasteiger partial charge in [-0.1, -0.05) is 11.6 Å². The molecular weight excluding hydrogens is 364 g/mol. The van der Waals surface area contributed by atoms with E-state index in [-0.39, 0.29) is 21.3 Å². The Morgan fingerprint density at radius 3 is 2.32 bits per heavy atom. The smallest absolute Gasteiger partial charge is 0.265 e. The van der Waals surface area contributed by atoms with Gasteiger partial charge < -0.3 is 0 Å². The number of benzene rings is 1. The molecule has 0 spiro atoms. The zero-order valence-electron chi connectivity index (χ0n) is 13.5. The summed E-state index contributed by atoms with van der Waals surface area (Å²) in [6, 6.07) is 7.25. The molecule has 1 aromatic heterocycles. The van der Waals surface area contributed by atoms with Crippen LogP contribution in [0.2, 0.25) is 5.02 Å². The normalized spacial score (nSPS) is 11.9. The Hall–Kier alpha value is -2.51. The SMILES string of the molecule is CC(=O)c1ccc(Cl)c(S(=O)(=O)NC(=O)/C=C(\C)c2ccncc2)c1. The van der Waals surface area contributed by atoms with Crippen molar-refractivity contribution < 1.29 is 18.0 Å². The molecule has 0 bridgehead atoms. The third-order valence-corrected chi connectivity index (χ3v) is 5.17. The molecule has 1 heterocycles. The molecule has 6 nitrogen and oxygen atoms in total. The topological polar surface area (TPSA) is 93.2 Å². The number of hydrogen-bond acceptors (Lipinski definition) is 5. The van der Waals surface area contributed by atoms with Crippen LogP contribution in [-0.2, 0) is 14.8 Å². The highest BCUT2D eigenvalue weighted by molar-refractivity contribution is 7.90. The third kappa shape index (κ3) is 4.74. The number of allylic oxidation sites excluding steroid dienone is 1. The molecule has 130 valence electrons. The van der Waals surface area contributed by atoms with Crippen LogP contribution in [0.3, 0.4) is 0 Å². The predicted octanol–water partition coefficient (Wildman–Crippen LogP) is 2.85. The molecule has 2 aromatic rings. The first-order valence-electron chi connectivity index (χ1n) is 7.16. The average molecular weight is 379 g/mol. The molecule has 0 unspecified atom stereocenters. The molecule has 2 rings (SSSR count). The lowest BCUT2D eigenvalue weighted by Gasteiger charge is -2.09. The lowest BCUT2D eigenvalue weighted by atomic mass is 10.1. The summed E-state index contributed by atoms with van der Waals surface area (Å²) < 4.78 is 26.7. The Bertz CT molecular complexity index is 954. The van der Waals surface area contributed by atoms with E-state index in [1.807, 2.05) is 4.72 Å². The van der Waals surface area contributed by atoms with Gasteiger partial charge in [0, 0.05) is 24.0 Å². The minimum atomic E-state index is -4.21. The van der Waals surface area contributed by atoms with Crippen molar-refractivity contribution in [3.63, 3.8) is 0 Å². The minimum absolute atomic E-state index is 0.0832. The molecule has 0 saturated carbocycles. The number of hydrogen-bond donors (Lipinski definition) is 1. The molecular formula is C17H15ClN2O4S. The summed E-state index contributed by atoms with van der Waals surface area (Å²) in [7, 11) is -4.21. The van der Waals surface area contributed by atoms with Crippen molar-refractivity contribution in [2.75, 3.05) is 0 Å². The Morgan fingerprint density at radius 1 is 1.08 bits per heavy atom. The molecule has 0 radical (unpaired) electrons. The van der Waals surface area contributed by atoms with E-state index in [1.54, 1.807) is 31.5 Å². The summed E-state index contributed by atoms with van der Waals surface area (Å²) in [6.07, 6.45) is 4.29. The third-order valence-electron chi connectivity index (χ3n) is 3.35. The highest BCUT2D eigenvalue weighted by Gasteiger charge is 2.21. The summed E-state index contributed by atoms with van der Waals surface area (Å²) in [5.41, 5.74) is 1.48. The number of pyridine rings is 1. The van der Waals surface area contributed by atoms with Crippen LogP contribution < -0.4 is 4.72 Å². The van der Waals surface area contributed by atoms with E-state index in [0.29, 0.717) is 5.57 Å². The van der Waals surface area contributed by atoms with Crippen molar-refractivity contribution in [3.8, 4) is 0 Å². The molecule has 0 saturated heterocycles. The zero-order valence-corrected chi connectivity index (χ0v) is 15.1. The maximum absolute atomic E-state index is 12.4. The van der Waals surface area contributed by atoms with Gasteiger partial charge in [-0.05, 0) is 55.3 Å². The first-order valence-corrected chi connectivity index (χ1v) is 9.03. The fraction of sp³-hybridized carbons (Fsp3) is 0.118. The van der Waals surface area contributed by atoms with Gasteiger partial charge in [-0.3, -0.25) is 14.6 Å². The Labute approximate surface area is 150 Å². The van der Waals surface area contributed by atoms with Crippen molar-refractivity contribution in [2.24, 2.45) is 0 Å². The van der Waals surface area contributed by atoms with Crippen LogP contribution in [0.5, 0.6) is 0 Å². The molecule has 1 amide bonds. The van der Waals surface area contributed by atoms with E-state index < -0.39 is 15.9 Å². The average Bonchev–Trinajstić information content (AvgIpc) is 2.55. The second-order valence-electron chi connectivity index (χ2n) is 5.23. The highest BCUT2D eigenvalue weighted by Crippen LogP contribution is 2.23. The van der Waals surface area contributed by atoms with Gasteiger partial charge in [-0.25, -0.2) is 13.1 Å². The molecule has 0 aliphatic carbocycles. The van der Waals surface area contributed by atoms with Gasteiger partial charge in [0.25, 0.3) is 15.9 Å². The number of carbonyl (C=O) groups is 2. The Morgan fingerprint density at radius 2 is 1.72 bits per heavy atom. The number of nitrogens with zero attached hydrogens (tertiary/aromatic N) is 1. The fourth-order valence-electron chi connectivity index (χ4n) is 2.04. The van der Waals surface area contributed by atoms with E-state index in [1.165, 1.54) is 19.1 Å². The van der Waals surface area contributed by atoms with E-state index >= 15 is 0 Å². The van der Waals surface area contributed by atoms with Crippen LogP contribution in [0.15, 0.2) is 53.7 Å². The second kappa shape index (κ2) is 7.58. The minimum Gasteiger partial charge on any atom is -0.295 e. The number of ketones is 1. The molecule has 0 aliphatic heterocycles. The first kappa shape index (κ1) is 18.8. The number of halogens is 1. The monoisotopic (exact) mass is 378 g/mol. The predicted molar refractivity (Wildman–Crippen MR) is 94.7 cm³/mol. The number of aromatic nitrogens is 1. The standard InChI is InChI=1S/C17H15ClN2O4S/c1-11(13-5-7-19-8-6-13)9-17(22)20-25(23,24)16-10-14(12(2)21)3-4-15(16)18/h3-10H,1-2H3,(H,20,22)/b11-9+. The van der Waals surface area contributed by atoms with Crippen molar-refractivity contribution in [1.82, 2.24) is 9.71 Å². The van der Waals surface area contributed by atoms with Crippen molar-refractivity contribution in [3.05, 3.63) is 65.0 Å². The number of rotatable bonds is 5. The Balaban J connectivity index is 2.28. The van der Waals surface area contributed by atoms with Crippen LogP contribution in [0, 0.1) is 0 Å². The van der Waals surface area contributed by atoms with Crippen LogP contribution >= 0.6 is 11.6 Å². The Kier molecular flexibility index (Phi) is 5.71. The van der Waals surface area contributed by atoms with Crippen molar-refractivity contribution in [1.29, 1.82) is 0 Å². The number of sulfonamides is 1. The van der Waals surface area contributed by atoms with Crippen LogP contribution in [0.4, 0.5) is 0 Å². The largest absolute Gasteiger partial charge is 0.295 e. The fourth-order valence-corrected chi connectivity index (χ4v) is 3.50. The first-order chi connectivity index (χ1) is 11.7. The quantitative estimate of drug-likeness (QED) is 0.637. The lowest BCUT2D eigenvalue weighted by Crippen LogP contribution is -2.29. The highest BCUT2D eigenvalue weighted by atomic mass is 35.5. The van der Waals surface area contributed by atoms with Gasteiger partial charge in [0.15, 0.2) is 5.78 Å². The van der Waals surface area contributed by atoms with Gasteiger partial charge >= 0.3 is 0 Å². The van der Waals surface area contributed by atoms with E-state index in [9.17, 15) is 18.0 Å². The lowest BCUT2D eigenvalue weighted by molar-refractivity contribution is -0.114. The number of nitrogens with one attached hydrogen (secondary N) is 1. The molecule has 1 N–H and O–H groups in total. The summed E-state index contributed by atoms with van der Waals surface area (Å²) >= 11 is 5.91. The number of Topliss-reactive ketones (excluding diaryl/α,β-unsaturated/α-hetero) is 1. The van der Waals surface area contributed by atoms with E-state index in [0.717, 1.165) is 17.7 Å². The van der Waals surface area contributed by atoms with Gasteiger partial charge in [0.1, 0.15) is 4.90 Å². The molecule has 25 heavy (non-hydrogen) atoms. The van der Waals surface area contributed by atoms with Crippen molar-refractivity contribution in [2.45, 2.75) is 18.7 Å². The van der Waals surface area contributed by atoms with Crippen molar-refractivity contribution >= 4 is 38.9 Å². The maximum atomic E-state index is 12.4. The molecule has 8 heteroatoms. The molecule has 0 aliphatic rings. The number of amides is 1. The van der Waals surface area contributed by atoms with Gasteiger partial charge in [0.2, 0.25) is 0 Å². The summed E-state index contributed by atoms with van der Waals surface area (Å²) in [5, 5.41) is -0.0832. The summed E-state index contributed by atoms with van der Waals surface area (Å²) in [4.78, 5) is 27.0. The van der Waals surface area contributed by atoms with Crippen LogP contribution in [-0.4, -0.2) is 25.1 Å². The maximum Gasteiger partial charge on any atom is 0.265 e. The molecule has 0 atom stereocenters. The van der Waals surface area contributed by atoms with Crippen LogP contribution in [0.25, 0.3) is 5.57 Å².